The Bertz CT molecular complexity index is 505. The molecule has 5 heteroatoms. The molecule has 124 valence electrons. The maximum absolute atomic E-state index is 14.0. The van der Waals surface area contributed by atoms with Crippen LogP contribution in [0.3, 0.4) is 0 Å². The Labute approximate surface area is 133 Å². The van der Waals surface area contributed by atoms with Crippen LogP contribution in [0.25, 0.3) is 0 Å². The lowest BCUT2D eigenvalue weighted by atomic mass is 9.92. The Morgan fingerprint density at radius 3 is 2.50 bits per heavy atom. The van der Waals surface area contributed by atoms with E-state index in [1.54, 1.807) is 12.1 Å². The Morgan fingerprint density at radius 2 is 2.00 bits per heavy atom. The Hall–Kier alpha value is -0.913. The van der Waals surface area contributed by atoms with E-state index in [0.29, 0.717) is 18.9 Å². The molecule has 1 aliphatic carbocycles. The van der Waals surface area contributed by atoms with Gasteiger partial charge in [0.15, 0.2) is 19.9 Å². The first-order valence-corrected chi connectivity index (χ1v) is 11.4. The lowest BCUT2D eigenvalue weighted by molar-refractivity contribution is -0.00551. The molecule has 0 bridgehead atoms. The highest BCUT2D eigenvalue weighted by Crippen LogP contribution is 2.36. The third kappa shape index (κ3) is 4.30. The van der Waals surface area contributed by atoms with Crippen LogP contribution in [-0.4, -0.2) is 26.6 Å². The number of aliphatic hydroxyl groups is 1. The highest BCUT2D eigenvalue weighted by atomic mass is 28.4. The van der Waals surface area contributed by atoms with E-state index in [1.165, 1.54) is 6.07 Å². The van der Waals surface area contributed by atoms with Crippen LogP contribution in [0.2, 0.25) is 19.6 Å². The third-order valence-corrected chi connectivity index (χ3v) is 4.96. The van der Waals surface area contributed by atoms with E-state index in [-0.39, 0.29) is 18.2 Å². The molecule has 1 saturated carbocycles. The van der Waals surface area contributed by atoms with E-state index in [9.17, 15) is 9.50 Å². The minimum Gasteiger partial charge on any atom is -0.490 e. The molecule has 3 nitrogen and oxygen atoms in total. The zero-order valence-electron chi connectivity index (χ0n) is 14.0. The van der Waals surface area contributed by atoms with Gasteiger partial charge in [0.25, 0.3) is 0 Å². The summed E-state index contributed by atoms with van der Waals surface area (Å²) in [6.07, 6.45) is 2.95. The summed E-state index contributed by atoms with van der Waals surface area (Å²) in [5.41, 5.74) is 0.00249. The smallest absolute Gasteiger partial charge is 0.185 e. The first-order valence-electron chi connectivity index (χ1n) is 8.03. The van der Waals surface area contributed by atoms with Gasteiger partial charge >= 0.3 is 0 Å². The van der Waals surface area contributed by atoms with Crippen molar-refractivity contribution < 1.29 is 18.7 Å². The van der Waals surface area contributed by atoms with E-state index in [0.717, 1.165) is 18.4 Å². The van der Waals surface area contributed by atoms with Crippen LogP contribution in [0.4, 0.5) is 4.39 Å². The summed E-state index contributed by atoms with van der Waals surface area (Å²) < 4.78 is 25.8. The van der Waals surface area contributed by atoms with Gasteiger partial charge in [-0.15, -0.1) is 0 Å². The predicted molar refractivity (Wildman–Crippen MR) is 88.1 cm³/mol. The quantitative estimate of drug-likeness (QED) is 0.732. The zero-order valence-corrected chi connectivity index (χ0v) is 15.0. The van der Waals surface area contributed by atoms with E-state index >= 15 is 0 Å². The van der Waals surface area contributed by atoms with Crippen molar-refractivity contribution in [3.8, 4) is 5.75 Å². The van der Waals surface area contributed by atoms with Gasteiger partial charge in [0.1, 0.15) is 5.60 Å². The van der Waals surface area contributed by atoms with E-state index in [1.807, 2.05) is 6.92 Å². The molecule has 0 heterocycles. The minimum absolute atomic E-state index is 0.124. The van der Waals surface area contributed by atoms with Gasteiger partial charge in [-0.3, -0.25) is 0 Å². The molecule has 1 fully saturated rings. The molecule has 2 rings (SSSR count). The molecule has 0 spiro atoms. The highest BCUT2D eigenvalue weighted by Gasteiger charge is 2.36. The Morgan fingerprint density at radius 1 is 1.32 bits per heavy atom. The van der Waals surface area contributed by atoms with Crippen LogP contribution in [-0.2, 0) is 10.0 Å². The number of halogens is 1. The first-order chi connectivity index (χ1) is 10.3. The molecular weight excluding hydrogens is 299 g/mol. The number of rotatable bonds is 8. The predicted octanol–water partition coefficient (Wildman–Crippen LogP) is 4.06. The fourth-order valence-electron chi connectivity index (χ4n) is 2.55. The van der Waals surface area contributed by atoms with Crippen molar-refractivity contribution in [3.05, 3.63) is 29.6 Å². The average molecular weight is 326 g/mol. The Balaban J connectivity index is 2.27. The molecule has 1 N–H and O–H groups in total. The third-order valence-electron chi connectivity index (χ3n) is 3.96. The van der Waals surface area contributed by atoms with Gasteiger partial charge in [-0.25, -0.2) is 4.39 Å². The van der Waals surface area contributed by atoms with Crippen molar-refractivity contribution in [2.75, 3.05) is 13.2 Å². The van der Waals surface area contributed by atoms with Crippen molar-refractivity contribution in [2.45, 2.75) is 51.4 Å². The Kier molecular flexibility index (Phi) is 5.30. The molecule has 1 aromatic carbocycles. The summed E-state index contributed by atoms with van der Waals surface area (Å²) in [5, 5.41) is 9.94. The lowest BCUT2D eigenvalue weighted by Crippen LogP contribution is -2.43. The fourth-order valence-corrected chi connectivity index (χ4v) is 4.05. The molecule has 1 atom stereocenters. The van der Waals surface area contributed by atoms with Gasteiger partial charge in [0.05, 0.1) is 13.2 Å². The second kappa shape index (κ2) is 6.68. The number of aliphatic hydroxyl groups excluding tert-OH is 1. The highest BCUT2D eigenvalue weighted by molar-refractivity contribution is 6.69. The molecule has 0 aliphatic heterocycles. The zero-order chi connectivity index (χ0) is 16.4. The molecule has 1 aromatic rings. The van der Waals surface area contributed by atoms with E-state index in [2.05, 4.69) is 19.6 Å². The van der Waals surface area contributed by atoms with E-state index in [4.69, 9.17) is 9.16 Å². The molecule has 0 saturated heterocycles. The lowest BCUT2D eigenvalue weighted by Gasteiger charge is -2.38. The van der Waals surface area contributed by atoms with Crippen molar-refractivity contribution in [1.29, 1.82) is 0 Å². The monoisotopic (exact) mass is 326 g/mol. The van der Waals surface area contributed by atoms with Gasteiger partial charge in [-0.2, -0.15) is 0 Å². The molecule has 0 unspecified atom stereocenters. The SMILES string of the molecule is CC[C@](CO)(O[Si](C)(C)C)c1ccc(F)c(OCC2CC2)c1. The number of hydrogen-bond acceptors (Lipinski definition) is 3. The van der Waals surface area contributed by atoms with E-state index < -0.39 is 13.9 Å². The van der Waals surface area contributed by atoms with Crippen molar-refractivity contribution in [2.24, 2.45) is 5.92 Å². The van der Waals surface area contributed by atoms with Crippen LogP contribution >= 0.6 is 0 Å². The summed E-state index contributed by atoms with van der Waals surface area (Å²) in [6, 6.07) is 4.79. The largest absolute Gasteiger partial charge is 0.490 e. The maximum Gasteiger partial charge on any atom is 0.185 e. The topological polar surface area (TPSA) is 38.7 Å². The first kappa shape index (κ1) is 17.4. The van der Waals surface area contributed by atoms with Gasteiger partial charge in [0, 0.05) is 0 Å². The normalized spacial score (nSPS) is 18.1. The van der Waals surface area contributed by atoms with Gasteiger partial charge in [-0.1, -0.05) is 13.0 Å². The molecular formula is C17H27FO3Si. The van der Waals surface area contributed by atoms with Crippen LogP contribution in [0, 0.1) is 11.7 Å². The number of hydrogen-bond donors (Lipinski definition) is 1. The standard InChI is InChI=1S/C17H27FO3Si/c1-5-17(12-19,21-22(2,3)4)14-8-9-15(18)16(10-14)20-11-13-6-7-13/h8-10,13,19H,5-7,11-12H2,1-4H3/t17-/m1/s1. The second-order valence-corrected chi connectivity index (χ2v) is 11.5. The van der Waals surface area contributed by atoms with Crippen molar-refractivity contribution in [1.82, 2.24) is 0 Å². The van der Waals surface area contributed by atoms with Gasteiger partial charge < -0.3 is 14.3 Å². The summed E-state index contributed by atoms with van der Waals surface area (Å²) in [4.78, 5) is 0. The van der Waals surface area contributed by atoms with Gasteiger partial charge in [-0.05, 0) is 62.5 Å². The maximum atomic E-state index is 14.0. The summed E-state index contributed by atoms with van der Waals surface area (Å²) >= 11 is 0. The van der Waals surface area contributed by atoms with Crippen LogP contribution in [0.1, 0.15) is 31.7 Å². The molecule has 0 aromatic heterocycles. The van der Waals surface area contributed by atoms with Crippen molar-refractivity contribution in [3.63, 3.8) is 0 Å². The van der Waals surface area contributed by atoms with Crippen LogP contribution in [0.5, 0.6) is 5.75 Å². The number of ether oxygens (including phenoxy) is 1. The average Bonchev–Trinajstić information content (AvgIpc) is 3.27. The van der Waals surface area contributed by atoms with Crippen LogP contribution in [0.15, 0.2) is 18.2 Å². The fraction of sp³-hybridized carbons (Fsp3) is 0.647. The summed E-state index contributed by atoms with van der Waals surface area (Å²) in [7, 11) is -1.87. The second-order valence-electron chi connectivity index (χ2n) is 7.12. The molecule has 1 aliphatic rings. The summed E-state index contributed by atoms with van der Waals surface area (Å²) in [6.45, 7) is 8.67. The minimum atomic E-state index is -1.87. The van der Waals surface area contributed by atoms with Gasteiger partial charge in [0.2, 0.25) is 0 Å². The number of benzene rings is 1. The van der Waals surface area contributed by atoms with Crippen LogP contribution < -0.4 is 4.74 Å². The summed E-state index contributed by atoms with van der Waals surface area (Å²) in [5.74, 6) is 0.463. The molecule has 22 heavy (non-hydrogen) atoms. The van der Waals surface area contributed by atoms with Crippen molar-refractivity contribution >= 4 is 8.32 Å². The molecule has 0 radical (unpaired) electrons. The molecule has 0 amide bonds.